The summed E-state index contributed by atoms with van der Waals surface area (Å²) in [4.78, 5) is 9.46. The van der Waals surface area contributed by atoms with E-state index in [-0.39, 0.29) is 20.1 Å². The summed E-state index contributed by atoms with van der Waals surface area (Å²) in [6.07, 6.45) is 4.90. The van der Waals surface area contributed by atoms with Crippen molar-refractivity contribution >= 4 is 66.7 Å². The number of thiophene rings is 1. The first-order valence-corrected chi connectivity index (χ1v) is 21.7. The molecule has 5 aromatic carbocycles. The van der Waals surface area contributed by atoms with E-state index in [0.717, 1.165) is 50.9 Å². The number of pyridine rings is 2. The minimum Gasteiger partial charge on any atom is -0.501 e. The fraction of sp³-hybridized carbons (Fsp3) is 0.130. The first kappa shape index (κ1) is 35.7. The van der Waals surface area contributed by atoms with E-state index in [4.69, 9.17) is 9.40 Å². The summed E-state index contributed by atoms with van der Waals surface area (Å²) in [5.74, 6) is 0. The van der Waals surface area contributed by atoms with Crippen LogP contribution < -0.4 is 5.19 Å². The molecule has 0 aliphatic carbocycles. The summed E-state index contributed by atoms with van der Waals surface area (Å²) >= 11 is 1.84. The van der Waals surface area contributed by atoms with Crippen molar-refractivity contribution in [2.75, 3.05) is 0 Å². The second kappa shape index (κ2) is 14.7. The topological polar surface area (TPSA) is 38.9 Å². The maximum absolute atomic E-state index is 6.16. The Morgan fingerprint density at radius 1 is 0.692 bits per heavy atom. The molecule has 259 valence electrons. The van der Waals surface area contributed by atoms with Crippen molar-refractivity contribution in [3.05, 3.63) is 162 Å². The zero-order chi connectivity index (χ0) is 35.1. The second-order valence-electron chi connectivity index (χ2n) is 14.2. The van der Waals surface area contributed by atoms with Crippen molar-refractivity contribution in [2.24, 2.45) is 0 Å². The third-order valence-corrected chi connectivity index (χ3v) is 12.8. The van der Waals surface area contributed by atoms with E-state index in [0.29, 0.717) is 0 Å². The number of aryl methyl sites for hydroxylation is 2. The van der Waals surface area contributed by atoms with Crippen molar-refractivity contribution in [1.29, 1.82) is 0 Å². The molecule has 9 rings (SSSR count). The fourth-order valence-corrected chi connectivity index (χ4v) is 9.02. The molecule has 0 amide bonds. The Kier molecular flexibility index (Phi) is 10.1. The zero-order valence-electron chi connectivity index (χ0n) is 29.9. The number of benzene rings is 5. The van der Waals surface area contributed by atoms with Gasteiger partial charge in [0.25, 0.3) is 0 Å². The van der Waals surface area contributed by atoms with Crippen molar-refractivity contribution < 1.29 is 24.5 Å². The molecule has 3 nitrogen and oxygen atoms in total. The second-order valence-corrected chi connectivity index (χ2v) is 20.3. The van der Waals surface area contributed by atoms with Crippen molar-refractivity contribution in [1.82, 2.24) is 9.97 Å². The van der Waals surface area contributed by atoms with Gasteiger partial charge in [0.2, 0.25) is 0 Å². The summed E-state index contributed by atoms with van der Waals surface area (Å²) in [5, 5.41) is 6.31. The van der Waals surface area contributed by atoms with Crippen LogP contribution in [-0.2, 0) is 26.5 Å². The average molecular weight is 887 g/mol. The molecule has 0 spiro atoms. The number of hydrogen-bond acceptors (Lipinski definition) is 4. The molecular weight excluding hydrogens is 849 g/mol. The van der Waals surface area contributed by atoms with Gasteiger partial charge in [0.1, 0.15) is 5.58 Å². The Hall–Kier alpha value is -4.71. The minimum atomic E-state index is -1.32. The summed E-state index contributed by atoms with van der Waals surface area (Å²) < 4.78 is 8.78. The Labute approximate surface area is 323 Å². The van der Waals surface area contributed by atoms with Crippen LogP contribution in [0.25, 0.3) is 64.6 Å². The van der Waals surface area contributed by atoms with Crippen LogP contribution in [0.5, 0.6) is 0 Å². The first-order valence-electron chi connectivity index (χ1n) is 17.4. The Morgan fingerprint density at radius 3 is 2.19 bits per heavy atom. The minimum absolute atomic E-state index is 0. The molecule has 0 atom stereocenters. The molecule has 4 heterocycles. The van der Waals surface area contributed by atoms with E-state index in [1.807, 2.05) is 47.9 Å². The maximum atomic E-state index is 6.16. The fourth-order valence-electron chi connectivity index (χ4n) is 6.70. The van der Waals surface area contributed by atoms with Crippen LogP contribution in [0.3, 0.4) is 0 Å². The molecule has 6 heteroatoms. The standard InChI is InChI=1S/C25H18NO.C21H20NSSi.Ir/c1-17-16-26-23(15-19(17)14-18-8-3-2-4-9-18)22-12-7-11-21-20-10-5-6-13-24(20)27-25(21)22;1-14-9-11-16(18-12-10-15(13-22-18)24(2,3)4)21-20(14)17-7-5-6-8-19(17)23-21;/h2-11,13,15-16H,14H2,1H3;5-10,12-13H,1-4H3;/q2*-1;. The molecule has 0 aliphatic heterocycles. The van der Waals surface area contributed by atoms with Crippen LogP contribution >= 0.6 is 11.3 Å². The molecule has 4 aromatic heterocycles. The van der Waals surface area contributed by atoms with Crippen LogP contribution in [0, 0.1) is 26.0 Å². The number of para-hydroxylation sites is 1. The van der Waals surface area contributed by atoms with Crippen molar-refractivity contribution in [3.63, 3.8) is 0 Å². The molecule has 0 N–H and O–H groups in total. The van der Waals surface area contributed by atoms with Gasteiger partial charge in [-0.3, -0.25) is 0 Å². The third-order valence-electron chi connectivity index (χ3n) is 9.58. The largest absolute Gasteiger partial charge is 0.501 e. The Bertz CT molecular complexity index is 2670. The van der Waals surface area contributed by atoms with Crippen LogP contribution in [-0.4, -0.2) is 18.0 Å². The smallest absolute Gasteiger partial charge is 0.120 e. The van der Waals surface area contributed by atoms with Gasteiger partial charge < -0.3 is 14.4 Å². The van der Waals surface area contributed by atoms with Gasteiger partial charge in [-0.15, -0.1) is 41.5 Å². The Morgan fingerprint density at radius 2 is 1.42 bits per heavy atom. The number of aromatic nitrogens is 2. The van der Waals surface area contributed by atoms with E-state index >= 15 is 0 Å². The van der Waals surface area contributed by atoms with E-state index in [1.54, 1.807) is 0 Å². The molecule has 1 radical (unpaired) electrons. The first-order chi connectivity index (χ1) is 24.7. The molecule has 0 saturated carbocycles. The quantitative estimate of drug-likeness (QED) is 0.128. The van der Waals surface area contributed by atoms with Crippen LogP contribution in [0.4, 0.5) is 0 Å². The molecule has 9 aromatic rings. The summed E-state index contributed by atoms with van der Waals surface area (Å²) in [5.41, 5.74) is 10.7. The number of hydrogen-bond donors (Lipinski definition) is 0. The molecule has 0 fully saturated rings. The van der Waals surface area contributed by atoms with Gasteiger partial charge in [-0.1, -0.05) is 128 Å². The molecule has 0 saturated heterocycles. The van der Waals surface area contributed by atoms with E-state index in [9.17, 15) is 0 Å². The van der Waals surface area contributed by atoms with Gasteiger partial charge in [-0.25, -0.2) is 0 Å². The van der Waals surface area contributed by atoms with Gasteiger partial charge in [0.05, 0.1) is 13.7 Å². The van der Waals surface area contributed by atoms with Crippen LogP contribution in [0.15, 0.2) is 132 Å². The number of furan rings is 1. The summed E-state index contributed by atoms with van der Waals surface area (Å²) in [7, 11) is -1.32. The van der Waals surface area contributed by atoms with Crippen molar-refractivity contribution in [3.8, 4) is 22.5 Å². The summed E-state index contributed by atoms with van der Waals surface area (Å²) in [6, 6.07) is 46.8. The van der Waals surface area contributed by atoms with Crippen LogP contribution in [0.1, 0.15) is 22.3 Å². The third kappa shape index (κ3) is 6.92. The number of rotatable bonds is 5. The SMILES string of the molecule is Cc1c[c-]c(-c2ccc([Si](C)(C)C)cn2)c2sc3ccccc3c12.Cc1cnc(-c2[c-]ccc3c2oc2ccccc23)cc1Cc1ccccc1.[Ir]. The molecule has 0 aliphatic rings. The predicted molar refractivity (Wildman–Crippen MR) is 219 cm³/mol. The normalized spacial score (nSPS) is 11.5. The van der Waals surface area contributed by atoms with Gasteiger partial charge in [0, 0.05) is 42.6 Å². The van der Waals surface area contributed by atoms with E-state index < -0.39 is 8.07 Å². The monoisotopic (exact) mass is 887 g/mol. The summed E-state index contributed by atoms with van der Waals surface area (Å²) in [6.45, 7) is 11.3. The van der Waals surface area contributed by atoms with Crippen LogP contribution in [0.2, 0.25) is 19.6 Å². The molecule has 0 unspecified atom stereocenters. The maximum Gasteiger partial charge on any atom is 0.120 e. The van der Waals surface area contributed by atoms with Gasteiger partial charge in [-0.05, 0) is 68.8 Å². The number of fused-ring (bicyclic) bond motifs is 6. The molecule has 0 bridgehead atoms. The Balaban J connectivity index is 0.000000160. The van der Waals surface area contributed by atoms with E-state index in [1.165, 1.54) is 47.6 Å². The number of nitrogens with zero attached hydrogens (tertiary/aromatic N) is 2. The van der Waals surface area contributed by atoms with Crippen molar-refractivity contribution in [2.45, 2.75) is 39.9 Å². The predicted octanol–water partition coefficient (Wildman–Crippen LogP) is 12.1. The molecule has 52 heavy (non-hydrogen) atoms. The van der Waals surface area contributed by atoms with Gasteiger partial charge in [-0.2, -0.15) is 11.3 Å². The van der Waals surface area contributed by atoms with Gasteiger partial charge >= 0.3 is 0 Å². The van der Waals surface area contributed by atoms with Gasteiger partial charge in [0.15, 0.2) is 0 Å². The van der Waals surface area contributed by atoms with E-state index in [2.05, 4.69) is 142 Å². The average Bonchev–Trinajstić information content (AvgIpc) is 3.73. The zero-order valence-corrected chi connectivity index (χ0v) is 34.1. The molecular formula is C46H38IrN2OSSi-2.